The number of unbranched alkanes of at least 4 members (excludes halogenated alkanes) is 1. The lowest BCUT2D eigenvalue weighted by molar-refractivity contribution is -0.137. The summed E-state index contributed by atoms with van der Waals surface area (Å²) >= 11 is 0. The first-order chi connectivity index (χ1) is 8.09. The number of rotatable bonds is 6. The Hall–Kier alpha value is -2.04. The number of nitrogen functional groups attached to an aromatic ring is 1. The third kappa shape index (κ3) is 5.01. The van der Waals surface area contributed by atoms with Crippen LogP contribution in [0.5, 0.6) is 0 Å². The number of amides is 1. The van der Waals surface area contributed by atoms with Crippen molar-refractivity contribution in [2.24, 2.45) is 0 Å². The number of carboxylic acids is 1. The van der Waals surface area contributed by atoms with Gasteiger partial charge < -0.3 is 16.2 Å². The molecule has 1 aromatic rings. The summed E-state index contributed by atoms with van der Waals surface area (Å²) in [6.07, 6.45) is 1.47. The Labute approximate surface area is 99.6 Å². The van der Waals surface area contributed by atoms with E-state index >= 15 is 0 Å². The standard InChI is InChI=1S/C12H16N2O3/c13-9-5-1-2-6-10(9)14-11(15)7-3-4-8-12(16)17/h1-2,5-6H,3-4,7-8,13H2,(H,14,15)(H,16,17). The van der Waals surface area contributed by atoms with Crippen LogP contribution in [0.15, 0.2) is 24.3 Å². The molecule has 0 aromatic heterocycles. The van der Waals surface area contributed by atoms with Crippen molar-refractivity contribution in [1.82, 2.24) is 0 Å². The molecule has 1 amide bonds. The van der Waals surface area contributed by atoms with Gasteiger partial charge in [-0.2, -0.15) is 0 Å². The maximum absolute atomic E-state index is 11.5. The SMILES string of the molecule is Nc1ccccc1NC(=O)CCCCC(=O)O. The average Bonchev–Trinajstić information content (AvgIpc) is 2.27. The summed E-state index contributed by atoms with van der Waals surface area (Å²) < 4.78 is 0. The van der Waals surface area contributed by atoms with Gasteiger partial charge in [-0.3, -0.25) is 9.59 Å². The number of anilines is 2. The fourth-order valence-corrected chi connectivity index (χ4v) is 1.39. The molecule has 0 spiro atoms. The molecule has 0 aliphatic heterocycles. The number of nitrogens with two attached hydrogens (primary N) is 1. The lowest BCUT2D eigenvalue weighted by Crippen LogP contribution is -2.12. The van der Waals surface area contributed by atoms with Crippen LogP contribution in [0.3, 0.4) is 0 Å². The first-order valence-electron chi connectivity index (χ1n) is 5.45. The van der Waals surface area contributed by atoms with Gasteiger partial charge in [-0.05, 0) is 25.0 Å². The zero-order chi connectivity index (χ0) is 12.7. The van der Waals surface area contributed by atoms with Gasteiger partial charge in [-0.1, -0.05) is 12.1 Å². The minimum atomic E-state index is -0.835. The molecule has 0 aliphatic rings. The van der Waals surface area contributed by atoms with Gasteiger partial charge in [0.2, 0.25) is 5.91 Å². The van der Waals surface area contributed by atoms with Crippen LogP contribution in [0.1, 0.15) is 25.7 Å². The van der Waals surface area contributed by atoms with Crippen molar-refractivity contribution >= 4 is 23.3 Å². The van der Waals surface area contributed by atoms with Gasteiger partial charge in [0.05, 0.1) is 11.4 Å². The molecule has 0 fully saturated rings. The van der Waals surface area contributed by atoms with E-state index in [0.29, 0.717) is 30.6 Å². The van der Waals surface area contributed by atoms with Crippen LogP contribution in [0.2, 0.25) is 0 Å². The van der Waals surface area contributed by atoms with E-state index in [9.17, 15) is 9.59 Å². The van der Waals surface area contributed by atoms with Gasteiger partial charge in [0.25, 0.3) is 0 Å². The van der Waals surface area contributed by atoms with E-state index in [1.807, 2.05) is 0 Å². The monoisotopic (exact) mass is 236 g/mol. The second-order valence-electron chi connectivity index (χ2n) is 3.74. The molecule has 0 saturated heterocycles. The smallest absolute Gasteiger partial charge is 0.303 e. The van der Waals surface area contributed by atoms with E-state index in [0.717, 1.165) is 0 Å². The second-order valence-corrected chi connectivity index (χ2v) is 3.74. The summed E-state index contributed by atoms with van der Waals surface area (Å²) in [4.78, 5) is 21.8. The highest BCUT2D eigenvalue weighted by Gasteiger charge is 2.05. The zero-order valence-corrected chi connectivity index (χ0v) is 9.48. The summed E-state index contributed by atoms with van der Waals surface area (Å²) in [5.74, 6) is -0.981. The molecule has 1 rings (SSSR count). The molecule has 17 heavy (non-hydrogen) atoms. The lowest BCUT2D eigenvalue weighted by atomic mass is 10.2. The molecule has 5 heteroatoms. The maximum Gasteiger partial charge on any atom is 0.303 e. The van der Waals surface area contributed by atoms with E-state index in [1.165, 1.54) is 0 Å². The van der Waals surface area contributed by atoms with Gasteiger partial charge in [0, 0.05) is 12.8 Å². The molecule has 0 radical (unpaired) electrons. The number of para-hydroxylation sites is 2. The van der Waals surface area contributed by atoms with Gasteiger partial charge in [-0.25, -0.2) is 0 Å². The number of carboxylic acid groups (broad SMARTS) is 1. The molecule has 0 atom stereocenters. The van der Waals surface area contributed by atoms with Crippen molar-refractivity contribution in [3.63, 3.8) is 0 Å². The predicted molar refractivity (Wildman–Crippen MR) is 65.6 cm³/mol. The number of benzene rings is 1. The summed E-state index contributed by atoms with van der Waals surface area (Å²) in [7, 11) is 0. The third-order valence-corrected chi connectivity index (χ3v) is 2.28. The van der Waals surface area contributed by atoms with Gasteiger partial charge >= 0.3 is 5.97 Å². The number of hydrogen-bond acceptors (Lipinski definition) is 3. The molecular weight excluding hydrogens is 220 g/mol. The van der Waals surface area contributed by atoms with Crippen molar-refractivity contribution in [2.75, 3.05) is 11.1 Å². The van der Waals surface area contributed by atoms with Crippen LogP contribution >= 0.6 is 0 Å². The molecule has 92 valence electrons. The molecular formula is C12H16N2O3. The van der Waals surface area contributed by atoms with Gasteiger partial charge in [0.15, 0.2) is 0 Å². The lowest BCUT2D eigenvalue weighted by Gasteiger charge is -2.07. The predicted octanol–water partition coefficient (Wildman–Crippen LogP) is 1.85. The van der Waals surface area contributed by atoms with E-state index in [-0.39, 0.29) is 12.3 Å². The average molecular weight is 236 g/mol. The second kappa shape index (κ2) is 6.52. The topological polar surface area (TPSA) is 92.4 Å². The van der Waals surface area contributed by atoms with E-state index in [4.69, 9.17) is 10.8 Å². The quantitative estimate of drug-likeness (QED) is 0.519. The van der Waals surface area contributed by atoms with Crippen molar-refractivity contribution in [3.05, 3.63) is 24.3 Å². The molecule has 0 saturated carbocycles. The Morgan fingerprint density at radius 3 is 2.47 bits per heavy atom. The number of aliphatic carboxylic acids is 1. The molecule has 1 aromatic carbocycles. The largest absolute Gasteiger partial charge is 0.481 e. The molecule has 4 N–H and O–H groups in total. The Morgan fingerprint density at radius 1 is 1.18 bits per heavy atom. The molecule has 0 unspecified atom stereocenters. The van der Waals surface area contributed by atoms with E-state index in [1.54, 1.807) is 24.3 Å². The van der Waals surface area contributed by atoms with Crippen molar-refractivity contribution in [2.45, 2.75) is 25.7 Å². The van der Waals surface area contributed by atoms with Crippen LogP contribution in [0, 0.1) is 0 Å². The van der Waals surface area contributed by atoms with Crippen molar-refractivity contribution < 1.29 is 14.7 Å². The van der Waals surface area contributed by atoms with Crippen LogP contribution in [-0.2, 0) is 9.59 Å². The van der Waals surface area contributed by atoms with Crippen LogP contribution in [-0.4, -0.2) is 17.0 Å². The summed E-state index contributed by atoms with van der Waals surface area (Å²) in [5.41, 5.74) is 6.78. The van der Waals surface area contributed by atoms with Crippen molar-refractivity contribution in [1.29, 1.82) is 0 Å². The maximum atomic E-state index is 11.5. The van der Waals surface area contributed by atoms with Crippen LogP contribution in [0.4, 0.5) is 11.4 Å². The number of carbonyl (C=O) groups is 2. The van der Waals surface area contributed by atoms with Crippen LogP contribution < -0.4 is 11.1 Å². The Morgan fingerprint density at radius 2 is 1.82 bits per heavy atom. The number of carbonyl (C=O) groups excluding carboxylic acids is 1. The summed E-state index contributed by atoms with van der Waals surface area (Å²) in [5, 5.41) is 11.1. The Balaban J connectivity index is 2.30. The van der Waals surface area contributed by atoms with Gasteiger partial charge in [-0.15, -0.1) is 0 Å². The molecule has 0 aliphatic carbocycles. The summed E-state index contributed by atoms with van der Waals surface area (Å²) in [6, 6.07) is 7.01. The molecule has 0 heterocycles. The molecule has 5 nitrogen and oxygen atoms in total. The number of hydrogen-bond donors (Lipinski definition) is 3. The molecule has 0 bridgehead atoms. The van der Waals surface area contributed by atoms with Crippen LogP contribution in [0.25, 0.3) is 0 Å². The summed E-state index contributed by atoms with van der Waals surface area (Å²) in [6.45, 7) is 0. The fourth-order valence-electron chi connectivity index (χ4n) is 1.39. The van der Waals surface area contributed by atoms with E-state index < -0.39 is 5.97 Å². The highest BCUT2D eigenvalue weighted by atomic mass is 16.4. The third-order valence-electron chi connectivity index (χ3n) is 2.28. The zero-order valence-electron chi connectivity index (χ0n) is 9.48. The minimum Gasteiger partial charge on any atom is -0.481 e. The van der Waals surface area contributed by atoms with E-state index in [2.05, 4.69) is 5.32 Å². The van der Waals surface area contributed by atoms with Gasteiger partial charge in [0.1, 0.15) is 0 Å². The normalized spacial score (nSPS) is 9.88. The first kappa shape index (κ1) is 13.0. The Kier molecular flexibility index (Phi) is 5.00. The highest BCUT2D eigenvalue weighted by molar-refractivity contribution is 5.93. The highest BCUT2D eigenvalue weighted by Crippen LogP contribution is 2.17. The van der Waals surface area contributed by atoms with Crippen molar-refractivity contribution in [3.8, 4) is 0 Å². The minimum absolute atomic E-state index is 0.0980. The number of nitrogens with one attached hydrogen (secondary N) is 1. The first-order valence-corrected chi connectivity index (χ1v) is 5.45. The fraction of sp³-hybridized carbons (Fsp3) is 0.333. The Bertz CT molecular complexity index is 404.